The highest BCUT2D eigenvalue weighted by atomic mass is 16.4. The van der Waals surface area contributed by atoms with Gasteiger partial charge in [0.05, 0.1) is 5.41 Å². The molecule has 0 fully saturated rings. The molecule has 0 heterocycles. The second-order valence-electron chi connectivity index (χ2n) is 4.14. The molecule has 0 aromatic carbocycles. The van der Waals surface area contributed by atoms with Crippen molar-refractivity contribution in [2.75, 3.05) is 6.54 Å². The normalized spacial score (nSPS) is 12.7. The fourth-order valence-corrected chi connectivity index (χ4v) is 0.816. The third-order valence-electron chi connectivity index (χ3n) is 2.04. The van der Waals surface area contributed by atoms with E-state index in [9.17, 15) is 14.4 Å². The maximum atomic E-state index is 11.4. The zero-order valence-electron chi connectivity index (χ0n) is 9.53. The number of carbonyl (C=O) groups excluding carboxylic acids is 2. The molecule has 0 bridgehead atoms. The number of hydrogen-bond donors (Lipinski definition) is 4. The summed E-state index contributed by atoms with van der Waals surface area (Å²) in [4.78, 5) is 32.6. The van der Waals surface area contributed by atoms with E-state index in [-0.39, 0.29) is 6.54 Å². The van der Waals surface area contributed by atoms with Gasteiger partial charge in [-0.3, -0.25) is 9.59 Å². The smallest absolute Gasteiger partial charge is 0.312 e. The summed E-state index contributed by atoms with van der Waals surface area (Å²) >= 11 is 0. The van der Waals surface area contributed by atoms with Gasteiger partial charge in [-0.2, -0.15) is 0 Å². The Hall–Kier alpha value is -1.79. The van der Waals surface area contributed by atoms with Gasteiger partial charge in [0.2, 0.25) is 5.91 Å². The van der Waals surface area contributed by atoms with E-state index in [2.05, 4.69) is 10.6 Å². The number of primary amides is 1. The molecule has 0 radical (unpaired) electrons. The van der Waals surface area contributed by atoms with E-state index in [0.717, 1.165) is 0 Å². The van der Waals surface area contributed by atoms with Crippen molar-refractivity contribution in [3.8, 4) is 0 Å². The third-order valence-corrected chi connectivity index (χ3v) is 2.04. The molecule has 0 aromatic heterocycles. The zero-order valence-corrected chi connectivity index (χ0v) is 9.53. The number of carboxylic acids is 1. The molecule has 5 N–H and O–H groups in total. The quantitative estimate of drug-likeness (QED) is 0.498. The Balaban J connectivity index is 4.17. The summed E-state index contributed by atoms with van der Waals surface area (Å²) in [6.45, 7) is 4.41. The Morgan fingerprint density at radius 3 is 2.25 bits per heavy atom. The highest BCUT2D eigenvalue weighted by molar-refractivity contribution is 5.86. The average Bonchev–Trinajstić information content (AvgIpc) is 2.12. The molecule has 92 valence electrons. The summed E-state index contributed by atoms with van der Waals surface area (Å²) in [7, 11) is 0. The Morgan fingerprint density at radius 2 is 1.88 bits per heavy atom. The van der Waals surface area contributed by atoms with Crippen molar-refractivity contribution >= 4 is 17.9 Å². The number of nitrogens with one attached hydrogen (secondary N) is 2. The lowest BCUT2D eigenvalue weighted by molar-refractivity contribution is -0.146. The van der Waals surface area contributed by atoms with Crippen LogP contribution in [0.1, 0.15) is 20.8 Å². The van der Waals surface area contributed by atoms with Gasteiger partial charge in [0.15, 0.2) is 0 Å². The topological polar surface area (TPSA) is 122 Å². The van der Waals surface area contributed by atoms with Crippen LogP contribution < -0.4 is 16.4 Å². The van der Waals surface area contributed by atoms with E-state index >= 15 is 0 Å². The molecule has 1 unspecified atom stereocenters. The molecule has 0 saturated heterocycles. The summed E-state index contributed by atoms with van der Waals surface area (Å²) in [6, 6.07) is -1.60. The number of urea groups is 1. The van der Waals surface area contributed by atoms with E-state index in [0.29, 0.717) is 0 Å². The molecule has 0 aliphatic heterocycles. The van der Waals surface area contributed by atoms with Crippen molar-refractivity contribution < 1.29 is 19.5 Å². The van der Waals surface area contributed by atoms with Gasteiger partial charge in [-0.15, -0.1) is 0 Å². The lowest BCUT2D eigenvalue weighted by atomic mass is 9.94. The van der Waals surface area contributed by atoms with Crippen LogP contribution in [0, 0.1) is 5.41 Å². The predicted molar refractivity (Wildman–Crippen MR) is 56.6 cm³/mol. The zero-order chi connectivity index (χ0) is 12.9. The minimum absolute atomic E-state index is 0.0219. The summed E-state index contributed by atoms with van der Waals surface area (Å²) < 4.78 is 0. The highest BCUT2D eigenvalue weighted by Gasteiger charge is 2.28. The molecule has 7 nitrogen and oxygen atoms in total. The van der Waals surface area contributed by atoms with Crippen LogP contribution in [-0.2, 0) is 9.59 Å². The molecular weight excluding hydrogens is 214 g/mol. The number of rotatable bonds is 5. The Labute approximate surface area is 93.4 Å². The maximum Gasteiger partial charge on any atom is 0.312 e. The monoisotopic (exact) mass is 231 g/mol. The van der Waals surface area contributed by atoms with Crippen LogP contribution >= 0.6 is 0 Å². The van der Waals surface area contributed by atoms with Gasteiger partial charge in [0, 0.05) is 6.54 Å². The number of carboxylic acid groups (broad SMARTS) is 1. The molecule has 0 aromatic rings. The van der Waals surface area contributed by atoms with Crippen molar-refractivity contribution in [1.82, 2.24) is 10.6 Å². The molecule has 0 rings (SSSR count). The summed E-state index contributed by atoms with van der Waals surface area (Å²) in [5.74, 6) is -1.49. The summed E-state index contributed by atoms with van der Waals surface area (Å²) in [5.41, 5.74) is 3.78. The Morgan fingerprint density at radius 1 is 1.38 bits per heavy atom. The van der Waals surface area contributed by atoms with Crippen LogP contribution in [0.25, 0.3) is 0 Å². The first-order valence-corrected chi connectivity index (χ1v) is 4.74. The van der Waals surface area contributed by atoms with Crippen LogP contribution in [-0.4, -0.2) is 35.6 Å². The molecule has 0 spiro atoms. The van der Waals surface area contributed by atoms with Gasteiger partial charge in [-0.1, -0.05) is 0 Å². The molecule has 16 heavy (non-hydrogen) atoms. The minimum atomic E-state index is -1.05. The first-order chi connectivity index (χ1) is 7.16. The summed E-state index contributed by atoms with van der Waals surface area (Å²) in [6.07, 6.45) is 0. The average molecular weight is 231 g/mol. The van der Waals surface area contributed by atoms with Gasteiger partial charge >= 0.3 is 12.0 Å². The third kappa shape index (κ3) is 4.63. The SMILES string of the molecule is CC(NC(N)=O)C(=O)NCC(C)(C)C(=O)O. The van der Waals surface area contributed by atoms with Crippen LogP contribution in [0.3, 0.4) is 0 Å². The second kappa shape index (κ2) is 5.34. The second-order valence-corrected chi connectivity index (χ2v) is 4.14. The van der Waals surface area contributed by atoms with Crippen molar-refractivity contribution in [3.05, 3.63) is 0 Å². The van der Waals surface area contributed by atoms with E-state index in [1.54, 1.807) is 0 Å². The minimum Gasteiger partial charge on any atom is -0.481 e. The van der Waals surface area contributed by atoms with Crippen molar-refractivity contribution in [2.24, 2.45) is 11.1 Å². The van der Waals surface area contributed by atoms with E-state index < -0.39 is 29.4 Å². The van der Waals surface area contributed by atoms with Crippen LogP contribution in [0.5, 0.6) is 0 Å². The van der Waals surface area contributed by atoms with Gasteiger partial charge in [-0.25, -0.2) is 4.79 Å². The number of carbonyl (C=O) groups is 3. The van der Waals surface area contributed by atoms with E-state index in [1.807, 2.05) is 0 Å². The highest BCUT2D eigenvalue weighted by Crippen LogP contribution is 2.12. The van der Waals surface area contributed by atoms with Crippen molar-refractivity contribution in [1.29, 1.82) is 0 Å². The molecule has 0 aliphatic carbocycles. The Kier molecular flexibility index (Phi) is 4.74. The number of nitrogens with two attached hydrogens (primary N) is 1. The van der Waals surface area contributed by atoms with Crippen LogP contribution in [0.15, 0.2) is 0 Å². The van der Waals surface area contributed by atoms with E-state index in [4.69, 9.17) is 10.8 Å². The summed E-state index contributed by atoms with van der Waals surface area (Å²) in [5, 5.41) is 13.4. The first kappa shape index (κ1) is 14.2. The molecule has 0 saturated carbocycles. The molecule has 1 atom stereocenters. The fraction of sp³-hybridized carbons (Fsp3) is 0.667. The van der Waals surface area contributed by atoms with Gasteiger partial charge < -0.3 is 21.5 Å². The number of aliphatic carboxylic acids is 1. The Bertz CT molecular complexity index is 301. The lowest BCUT2D eigenvalue weighted by Crippen LogP contribution is -2.49. The molecular formula is C9H17N3O4. The largest absolute Gasteiger partial charge is 0.481 e. The predicted octanol–water partition coefficient (Wildman–Crippen LogP) is -0.730. The fourth-order valence-electron chi connectivity index (χ4n) is 0.816. The van der Waals surface area contributed by atoms with Crippen molar-refractivity contribution in [3.63, 3.8) is 0 Å². The van der Waals surface area contributed by atoms with Gasteiger partial charge in [0.1, 0.15) is 6.04 Å². The molecule has 0 aliphatic rings. The van der Waals surface area contributed by atoms with Crippen molar-refractivity contribution in [2.45, 2.75) is 26.8 Å². The van der Waals surface area contributed by atoms with E-state index in [1.165, 1.54) is 20.8 Å². The van der Waals surface area contributed by atoms with Gasteiger partial charge in [-0.05, 0) is 20.8 Å². The van der Waals surface area contributed by atoms with Crippen LogP contribution in [0.4, 0.5) is 4.79 Å². The number of amides is 3. The molecule has 7 heteroatoms. The first-order valence-electron chi connectivity index (χ1n) is 4.74. The standard InChI is InChI=1S/C9H17N3O4/c1-5(12-8(10)16)6(13)11-4-9(2,3)7(14)15/h5H,4H2,1-3H3,(H,11,13)(H,14,15)(H3,10,12,16). The lowest BCUT2D eigenvalue weighted by Gasteiger charge is -2.21. The molecule has 3 amide bonds. The van der Waals surface area contributed by atoms with Gasteiger partial charge in [0.25, 0.3) is 0 Å². The van der Waals surface area contributed by atoms with Crippen LogP contribution in [0.2, 0.25) is 0 Å². The maximum absolute atomic E-state index is 11.4. The number of hydrogen-bond acceptors (Lipinski definition) is 3.